The number of hydrogen-bond donors (Lipinski definition) is 0. The maximum absolute atomic E-state index is 2.24. The molecule has 0 radical (unpaired) electrons. The summed E-state index contributed by atoms with van der Waals surface area (Å²) in [5.41, 5.74) is 2.66. The van der Waals surface area contributed by atoms with Crippen molar-refractivity contribution >= 4 is 35.5 Å². The summed E-state index contributed by atoms with van der Waals surface area (Å²) in [7, 11) is 0. The Morgan fingerprint density at radius 1 is 0.459 bits per heavy atom. The fraction of sp³-hybridized carbons (Fsp3) is 0. The van der Waals surface area contributed by atoms with Crippen molar-refractivity contribution in [3.05, 3.63) is 169 Å². The minimum Gasteiger partial charge on any atom is -0.168 e. The predicted octanol–water partition coefficient (Wildman–Crippen LogP) is 6.08. The van der Waals surface area contributed by atoms with Gasteiger partial charge in [-0.3, -0.25) is 0 Å². The van der Waals surface area contributed by atoms with Gasteiger partial charge >= 0.3 is 99.2 Å². The van der Waals surface area contributed by atoms with Gasteiger partial charge in [0.25, 0.3) is 0 Å². The van der Waals surface area contributed by atoms with Gasteiger partial charge in [-0.15, -0.1) is 69.4 Å². The molecular formula is C35H26ClZr-. The summed E-state index contributed by atoms with van der Waals surface area (Å²) in [4.78, 5) is 0. The Labute approximate surface area is 239 Å². The van der Waals surface area contributed by atoms with Crippen LogP contribution in [0.15, 0.2) is 158 Å². The molecule has 0 fully saturated rings. The van der Waals surface area contributed by atoms with E-state index < -0.39 is 0 Å². The zero-order valence-electron chi connectivity index (χ0n) is 20.4. The fourth-order valence-corrected chi connectivity index (χ4v) is 5.17. The molecule has 0 aliphatic rings. The van der Waals surface area contributed by atoms with Crippen LogP contribution in [-0.4, -0.2) is 3.21 Å². The first kappa shape index (κ1) is 26.7. The predicted molar refractivity (Wildman–Crippen MR) is 153 cm³/mol. The first-order valence-corrected chi connectivity index (χ1v) is 13.4. The second-order valence-electron chi connectivity index (χ2n) is 8.58. The van der Waals surface area contributed by atoms with Gasteiger partial charge < -0.3 is 12.4 Å². The zero-order chi connectivity index (χ0) is 24.6. The Kier molecular flexibility index (Phi) is 9.55. The van der Waals surface area contributed by atoms with E-state index in [9.17, 15) is 0 Å². The molecule has 0 aliphatic heterocycles. The molecule has 178 valence electrons. The average Bonchev–Trinajstić information content (AvgIpc) is 3.59. The van der Waals surface area contributed by atoms with Crippen LogP contribution in [0.1, 0.15) is 11.1 Å². The summed E-state index contributed by atoms with van der Waals surface area (Å²) in [6.45, 7) is 0. The molecule has 0 bridgehead atoms. The van der Waals surface area contributed by atoms with Gasteiger partial charge in [0.05, 0.1) is 0 Å². The van der Waals surface area contributed by atoms with Crippen molar-refractivity contribution in [2.75, 3.05) is 0 Å². The topological polar surface area (TPSA) is 0 Å². The quantitative estimate of drug-likeness (QED) is 0.220. The fourth-order valence-electron chi connectivity index (χ4n) is 4.35. The van der Waals surface area contributed by atoms with Crippen molar-refractivity contribution in [2.24, 2.45) is 0 Å². The maximum atomic E-state index is 2.24. The van der Waals surface area contributed by atoms with Crippen molar-refractivity contribution < 1.29 is 36.6 Å². The first-order chi connectivity index (χ1) is 17.8. The van der Waals surface area contributed by atoms with Crippen molar-refractivity contribution in [3.8, 4) is 0 Å². The molecule has 2 heteroatoms. The molecule has 7 aromatic rings. The van der Waals surface area contributed by atoms with Crippen LogP contribution in [0, 0.1) is 0 Å². The third-order valence-corrected chi connectivity index (χ3v) is 7.61. The van der Waals surface area contributed by atoms with E-state index in [-0.39, 0.29) is 12.4 Å². The maximum Gasteiger partial charge on any atom is -0.0771 e. The molecule has 37 heavy (non-hydrogen) atoms. The third-order valence-electron chi connectivity index (χ3n) is 6.20. The second-order valence-corrected chi connectivity index (χ2v) is 9.81. The number of fused-ring (bicyclic) bond motifs is 4. The Hall–Kier alpha value is -3.38. The summed E-state index contributed by atoms with van der Waals surface area (Å²) in [6.07, 6.45) is 0. The van der Waals surface area contributed by atoms with Crippen molar-refractivity contribution in [2.45, 2.75) is 0 Å². The normalized spacial score (nSPS) is 10.1. The van der Waals surface area contributed by atoms with Gasteiger partial charge in [0.1, 0.15) is 0 Å². The Morgan fingerprint density at radius 3 is 1.41 bits per heavy atom. The summed E-state index contributed by atoms with van der Waals surface area (Å²) < 4.78 is 1.42. The van der Waals surface area contributed by atoms with Gasteiger partial charge in [0.2, 0.25) is 0 Å². The molecule has 7 rings (SSSR count). The van der Waals surface area contributed by atoms with Crippen LogP contribution in [0.4, 0.5) is 0 Å². The second kappa shape index (κ2) is 13.2. The van der Waals surface area contributed by atoms with Crippen LogP contribution in [0.5, 0.6) is 0 Å². The number of benzene rings is 5. The molecule has 7 aromatic carbocycles. The van der Waals surface area contributed by atoms with Gasteiger partial charge in [-0.25, -0.2) is 0 Å². The van der Waals surface area contributed by atoms with Crippen LogP contribution in [0.25, 0.3) is 32.3 Å². The third kappa shape index (κ3) is 6.69. The largest absolute Gasteiger partial charge is 0.168 e. The Bertz CT molecular complexity index is 1570. The van der Waals surface area contributed by atoms with Crippen LogP contribution in [-0.2, 0) is 24.2 Å². The first-order valence-electron chi connectivity index (χ1n) is 12.1. The van der Waals surface area contributed by atoms with Crippen molar-refractivity contribution in [1.82, 2.24) is 0 Å². The van der Waals surface area contributed by atoms with E-state index in [1.54, 1.807) is 0 Å². The Morgan fingerprint density at radius 2 is 0.892 bits per heavy atom. The van der Waals surface area contributed by atoms with Crippen LogP contribution < -0.4 is 12.4 Å². The smallest absolute Gasteiger partial charge is 0.0771 e. The van der Waals surface area contributed by atoms with Crippen molar-refractivity contribution in [1.29, 1.82) is 0 Å². The van der Waals surface area contributed by atoms with Gasteiger partial charge in [0.15, 0.2) is 0 Å². The Balaban J connectivity index is 0.000000131. The average molecular weight is 573 g/mol. The molecule has 0 aromatic heterocycles. The van der Waals surface area contributed by atoms with E-state index in [4.69, 9.17) is 0 Å². The minimum atomic E-state index is 0. The molecule has 0 nitrogen and oxygen atoms in total. The van der Waals surface area contributed by atoms with E-state index >= 15 is 0 Å². The van der Waals surface area contributed by atoms with Gasteiger partial charge in [-0.1, -0.05) is 42.5 Å². The summed E-state index contributed by atoms with van der Waals surface area (Å²) in [5, 5.41) is 8.05. The molecular weight excluding hydrogens is 547 g/mol. The van der Waals surface area contributed by atoms with Gasteiger partial charge in [-0.05, 0) is 0 Å². The van der Waals surface area contributed by atoms with Gasteiger partial charge in [0, 0.05) is 0 Å². The molecule has 0 heterocycles. The van der Waals surface area contributed by atoms with Crippen molar-refractivity contribution in [3.63, 3.8) is 0 Å². The monoisotopic (exact) mass is 571 g/mol. The molecule has 0 spiro atoms. The van der Waals surface area contributed by atoms with E-state index in [1.807, 2.05) is 0 Å². The van der Waals surface area contributed by atoms with E-state index in [0.29, 0.717) is 0 Å². The summed E-state index contributed by atoms with van der Waals surface area (Å²) in [5.74, 6) is 0. The zero-order valence-corrected chi connectivity index (χ0v) is 23.6. The van der Waals surface area contributed by atoms with E-state index in [1.165, 1.54) is 70.9 Å². The molecule has 0 saturated heterocycles. The molecule has 0 N–H and O–H groups in total. The SMILES string of the molecule is [Cl-].[Zr+2]=[C](c1ccccc1)c1ccccc1.c1ccc2[cH-]ccc2c1.c1ccc2c(c1)[cH-]c1ccccc12. The molecule has 0 unspecified atom stereocenters. The minimum absolute atomic E-state index is 0. The number of hydrogen-bond acceptors (Lipinski definition) is 0. The molecule has 0 amide bonds. The van der Waals surface area contributed by atoms with E-state index in [0.717, 1.165) is 0 Å². The summed E-state index contributed by atoms with van der Waals surface area (Å²) in [6, 6.07) is 55.0. The standard InChI is InChI=1S/C13H9.C13H10.C9H7.ClH.Zr/c1-3-7-12-10(5-1)9-11-6-2-4-8-13(11)12;1-3-7-12(8-4-1)11-13-9-5-2-6-10-13;1-2-5-9-7-3-6-8(9)4-1;;/h1-9H;1-10H;1-7H;1H;/q-1;;-1;;+2/p-1. The van der Waals surface area contributed by atoms with E-state index in [2.05, 4.69) is 158 Å². The van der Waals surface area contributed by atoms with Crippen LogP contribution >= 0.6 is 0 Å². The molecule has 0 saturated carbocycles. The number of rotatable bonds is 2. The molecule has 0 atom stereocenters. The van der Waals surface area contributed by atoms with Crippen LogP contribution in [0.2, 0.25) is 0 Å². The summed E-state index contributed by atoms with van der Waals surface area (Å²) >= 11 is 1.46. The number of halogens is 1. The van der Waals surface area contributed by atoms with Crippen LogP contribution in [0.3, 0.4) is 0 Å². The molecule has 0 aliphatic carbocycles. The van der Waals surface area contributed by atoms with Gasteiger partial charge in [-0.2, -0.15) is 17.5 Å².